The monoisotopic (exact) mass is 372 g/mol. The fourth-order valence-electron chi connectivity index (χ4n) is 2.14. The van der Waals surface area contributed by atoms with E-state index >= 15 is 0 Å². The molecule has 1 unspecified atom stereocenters. The zero-order chi connectivity index (χ0) is 17.3. The highest BCUT2D eigenvalue weighted by molar-refractivity contribution is 7.88. The lowest BCUT2D eigenvalue weighted by Crippen LogP contribution is -2.50. The van der Waals surface area contributed by atoms with Gasteiger partial charge in [0.15, 0.2) is 10.8 Å². The van der Waals surface area contributed by atoms with E-state index in [0.29, 0.717) is 30.7 Å². The number of alkyl halides is 3. The number of nitrogens with one attached hydrogen (secondary N) is 2. The average molecular weight is 372 g/mol. The predicted octanol–water partition coefficient (Wildman–Crippen LogP) is 1.71. The summed E-state index contributed by atoms with van der Waals surface area (Å²) in [5, 5.41) is 5.40. The van der Waals surface area contributed by atoms with E-state index in [-0.39, 0.29) is 11.7 Å². The molecule has 1 aromatic rings. The lowest BCUT2D eigenvalue weighted by atomic mass is 10.1. The molecule has 7 nitrogen and oxygen atoms in total. The minimum atomic E-state index is -4.56. The van der Waals surface area contributed by atoms with Crippen molar-refractivity contribution >= 4 is 32.5 Å². The molecule has 2 amide bonds. The van der Waals surface area contributed by atoms with Crippen LogP contribution in [0.2, 0.25) is 0 Å². The number of amides is 2. The quantitative estimate of drug-likeness (QED) is 0.845. The number of nitrogens with zero attached hydrogens (tertiary/aromatic N) is 2. The average Bonchev–Trinajstić information content (AvgIpc) is 2.86. The predicted molar refractivity (Wildman–Crippen MR) is 78.7 cm³/mol. The van der Waals surface area contributed by atoms with E-state index in [0.717, 1.165) is 11.6 Å². The molecule has 1 saturated heterocycles. The summed E-state index contributed by atoms with van der Waals surface area (Å²) in [5.41, 5.74) is -1.07. The van der Waals surface area contributed by atoms with Crippen molar-refractivity contribution in [1.82, 2.24) is 14.6 Å². The lowest BCUT2D eigenvalue weighted by Gasteiger charge is -2.31. The minimum absolute atomic E-state index is 0.137. The molecule has 2 heterocycles. The summed E-state index contributed by atoms with van der Waals surface area (Å²) in [6.07, 6.45) is -2.30. The highest BCUT2D eigenvalue weighted by atomic mass is 32.2. The maximum Gasteiger partial charge on any atom is 0.434 e. The molecule has 1 aliphatic rings. The van der Waals surface area contributed by atoms with E-state index < -0.39 is 34.0 Å². The highest BCUT2D eigenvalue weighted by Gasteiger charge is 2.34. The number of thiazole rings is 1. The molecule has 23 heavy (non-hydrogen) atoms. The Bertz CT molecular complexity index is 674. The number of rotatable bonds is 3. The second-order valence-electron chi connectivity index (χ2n) is 5.09. The van der Waals surface area contributed by atoms with Crippen LogP contribution in [0.5, 0.6) is 0 Å². The van der Waals surface area contributed by atoms with E-state index in [1.165, 1.54) is 4.31 Å². The van der Waals surface area contributed by atoms with Crippen molar-refractivity contribution in [3.8, 4) is 0 Å². The number of piperidine rings is 1. The Labute approximate surface area is 134 Å². The molecule has 1 atom stereocenters. The molecule has 0 bridgehead atoms. The second kappa shape index (κ2) is 6.61. The van der Waals surface area contributed by atoms with Gasteiger partial charge in [-0.1, -0.05) is 0 Å². The normalized spacial score (nSPS) is 20.3. The third kappa shape index (κ3) is 5.04. The molecule has 2 N–H and O–H groups in total. The van der Waals surface area contributed by atoms with E-state index in [1.807, 2.05) is 0 Å². The number of carbonyl (C=O) groups excluding carboxylic acids is 1. The van der Waals surface area contributed by atoms with Crippen LogP contribution in [0.4, 0.5) is 23.1 Å². The van der Waals surface area contributed by atoms with Gasteiger partial charge in [0.1, 0.15) is 0 Å². The first-order chi connectivity index (χ1) is 10.6. The van der Waals surface area contributed by atoms with Crippen LogP contribution in [0.3, 0.4) is 0 Å². The molecule has 1 aliphatic heterocycles. The highest BCUT2D eigenvalue weighted by Crippen LogP contribution is 2.31. The molecule has 130 valence electrons. The number of anilines is 1. The van der Waals surface area contributed by atoms with Gasteiger partial charge in [0.05, 0.1) is 6.26 Å². The maximum absolute atomic E-state index is 12.4. The Morgan fingerprint density at radius 1 is 1.48 bits per heavy atom. The second-order valence-corrected chi connectivity index (χ2v) is 7.93. The van der Waals surface area contributed by atoms with Gasteiger partial charge in [-0.2, -0.15) is 13.2 Å². The van der Waals surface area contributed by atoms with Crippen molar-refractivity contribution < 1.29 is 26.4 Å². The molecule has 1 aromatic heterocycles. The smallest absolute Gasteiger partial charge is 0.334 e. The molecular weight excluding hydrogens is 357 g/mol. The zero-order valence-electron chi connectivity index (χ0n) is 12.1. The van der Waals surface area contributed by atoms with E-state index in [9.17, 15) is 26.4 Å². The number of halogens is 3. The van der Waals surface area contributed by atoms with Crippen LogP contribution in [-0.2, 0) is 16.2 Å². The Morgan fingerprint density at radius 3 is 2.74 bits per heavy atom. The SMILES string of the molecule is CS(=O)(=O)N1CCCC(NC(=O)Nc2nc(C(F)(F)F)cs2)C1. The number of hydrogen-bond acceptors (Lipinski definition) is 5. The largest absolute Gasteiger partial charge is 0.434 e. The van der Waals surface area contributed by atoms with Gasteiger partial charge in [-0.3, -0.25) is 5.32 Å². The Balaban J connectivity index is 1.91. The van der Waals surface area contributed by atoms with Gasteiger partial charge < -0.3 is 5.32 Å². The van der Waals surface area contributed by atoms with Crippen LogP contribution < -0.4 is 10.6 Å². The number of sulfonamides is 1. The number of aromatic nitrogens is 1. The summed E-state index contributed by atoms with van der Waals surface area (Å²) < 4.78 is 61.5. The van der Waals surface area contributed by atoms with Gasteiger partial charge >= 0.3 is 12.2 Å². The molecule has 12 heteroatoms. The summed E-state index contributed by atoms with van der Waals surface area (Å²) in [6, 6.07) is -1.12. The topological polar surface area (TPSA) is 91.4 Å². The summed E-state index contributed by atoms with van der Waals surface area (Å²) in [4.78, 5) is 15.1. The summed E-state index contributed by atoms with van der Waals surface area (Å²) in [6.45, 7) is 0.526. The van der Waals surface area contributed by atoms with Crippen molar-refractivity contribution in [3.63, 3.8) is 0 Å². The van der Waals surface area contributed by atoms with Crippen LogP contribution in [0.15, 0.2) is 5.38 Å². The molecule has 0 saturated carbocycles. The Morgan fingerprint density at radius 2 is 2.17 bits per heavy atom. The van der Waals surface area contributed by atoms with E-state index in [4.69, 9.17) is 0 Å². The van der Waals surface area contributed by atoms with Crippen LogP contribution in [0, 0.1) is 0 Å². The first-order valence-electron chi connectivity index (χ1n) is 6.61. The van der Waals surface area contributed by atoms with Crippen LogP contribution >= 0.6 is 11.3 Å². The van der Waals surface area contributed by atoms with Crippen molar-refractivity contribution in [3.05, 3.63) is 11.1 Å². The van der Waals surface area contributed by atoms with E-state index in [1.54, 1.807) is 0 Å². The standard InChI is InChI=1S/C11H15F3N4O3S2/c1-23(20,21)18-4-2-3-7(5-18)15-9(19)17-10-16-8(6-22-10)11(12,13)14/h6-7H,2-5H2,1H3,(H2,15,16,17,19). The fourth-order valence-corrected chi connectivity index (χ4v) is 3.77. The van der Waals surface area contributed by atoms with Gasteiger partial charge in [0, 0.05) is 24.5 Å². The van der Waals surface area contributed by atoms with Gasteiger partial charge in [-0.05, 0) is 12.8 Å². The van der Waals surface area contributed by atoms with Gasteiger partial charge in [0.2, 0.25) is 10.0 Å². The first-order valence-corrected chi connectivity index (χ1v) is 9.34. The van der Waals surface area contributed by atoms with Crippen LogP contribution in [0.1, 0.15) is 18.5 Å². The van der Waals surface area contributed by atoms with Gasteiger partial charge in [-0.25, -0.2) is 22.5 Å². The van der Waals surface area contributed by atoms with Crippen molar-refractivity contribution in [2.75, 3.05) is 24.7 Å². The number of hydrogen-bond donors (Lipinski definition) is 2. The third-order valence-corrected chi connectivity index (χ3v) is 5.23. The molecular formula is C11H15F3N4O3S2. The van der Waals surface area contributed by atoms with Gasteiger partial charge in [0.25, 0.3) is 0 Å². The van der Waals surface area contributed by atoms with E-state index in [2.05, 4.69) is 15.6 Å². The number of urea groups is 1. The van der Waals surface area contributed by atoms with Crippen molar-refractivity contribution in [2.45, 2.75) is 25.1 Å². The van der Waals surface area contributed by atoms with Crippen molar-refractivity contribution in [2.24, 2.45) is 0 Å². The minimum Gasteiger partial charge on any atom is -0.334 e. The number of carbonyl (C=O) groups is 1. The first kappa shape index (κ1) is 17.9. The summed E-state index contributed by atoms with van der Waals surface area (Å²) in [5.74, 6) is 0. The summed E-state index contributed by atoms with van der Waals surface area (Å²) in [7, 11) is -3.34. The molecule has 0 spiro atoms. The molecule has 0 aromatic carbocycles. The Hall–Kier alpha value is -1.40. The Kier molecular flexibility index (Phi) is 5.16. The van der Waals surface area contributed by atoms with Crippen LogP contribution in [0.25, 0.3) is 0 Å². The molecule has 1 fully saturated rings. The van der Waals surface area contributed by atoms with Crippen LogP contribution in [-0.4, -0.2) is 49.1 Å². The zero-order valence-corrected chi connectivity index (χ0v) is 13.7. The van der Waals surface area contributed by atoms with Crippen molar-refractivity contribution in [1.29, 1.82) is 0 Å². The fraction of sp³-hybridized carbons (Fsp3) is 0.636. The van der Waals surface area contributed by atoms with Gasteiger partial charge in [-0.15, -0.1) is 11.3 Å². The summed E-state index contributed by atoms with van der Waals surface area (Å²) >= 11 is 0.662. The lowest BCUT2D eigenvalue weighted by molar-refractivity contribution is -0.140. The molecule has 0 radical (unpaired) electrons. The third-order valence-electron chi connectivity index (χ3n) is 3.20. The molecule has 0 aliphatic carbocycles. The maximum atomic E-state index is 12.4. The molecule has 2 rings (SSSR count).